The summed E-state index contributed by atoms with van der Waals surface area (Å²) in [5.41, 5.74) is 1.25. The van der Waals surface area contributed by atoms with Gasteiger partial charge in [-0.15, -0.1) is 10.2 Å². The normalized spacial score (nSPS) is 17.0. The first-order chi connectivity index (χ1) is 11.8. The van der Waals surface area contributed by atoms with Crippen LogP contribution in [0.25, 0.3) is 0 Å². The Morgan fingerprint density at radius 3 is 2.92 bits per heavy atom. The number of urea groups is 1. The van der Waals surface area contributed by atoms with Crippen LogP contribution < -0.4 is 15.5 Å². The third-order valence-electron chi connectivity index (χ3n) is 4.40. The van der Waals surface area contributed by atoms with E-state index in [0.29, 0.717) is 19.0 Å². The molecule has 1 aromatic heterocycles. The van der Waals surface area contributed by atoms with E-state index in [1.165, 1.54) is 5.69 Å². The van der Waals surface area contributed by atoms with E-state index in [2.05, 4.69) is 50.0 Å². The molecule has 1 atom stereocenters. The Morgan fingerprint density at radius 1 is 1.29 bits per heavy atom. The third-order valence-corrected chi connectivity index (χ3v) is 4.40. The van der Waals surface area contributed by atoms with Crippen LogP contribution in [0.5, 0.6) is 0 Å². The molecule has 3 rings (SSSR count). The zero-order valence-corrected chi connectivity index (χ0v) is 14.0. The topological polar surface area (TPSA) is 75.1 Å². The smallest absolute Gasteiger partial charge is 0.315 e. The van der Waals surface area contributed by atoms with Crippen molar-refractivity contribution in [3.05, 3.63) is 42.5 Å². The molecular formula is C17H24N6O. The Balaban J connectivity index is 1.39. The van der Waals surface area contributed by atoms with Crippen molar-refractivity contribution in [1.29, 1.82) is 0 Å². The molecule has 2 heterocycles. The summed E-state index contributed by atoms with van der Waals surface area (Å²) >= 11 is 0. The number of hydrogen-bond acceptors (Lipinski definition) is 4. The largest absolute Gasteiger partial charge is 0.371 e. The average Bonchev–Trinajstić information content (AvgIpc) is 3.28. The molecular weight excluding hydrogens is 304 g/mol. The summed E-state index contributed by atoms with van der Waals surface area (Å²) in [6.45, 7) is 5.91. The van der Waals surface area contributed by atoms with Crippen LogP contribution in [-0.2, 0) is 13.1 Å². The van der Waals surface area contributed by atoms with Crippen molar-refractivity contribution in [1.82, 2.24) is 25.4 Å². The van der Waals surface area contributed by atoms with E-state index in [1.54, 1.807) is 6.33 Å². The van der Waals surface area contributed by atoms with Gasteiger partial charge in [-0.2, -0.15) is 0 Å². The number of carbonyl (C=O) groups excluding carboxylic acids is 1. The minimum absolute atomic E-state index is 0.154. The van der Waals surface area contributed by atoms with Gasteiger partial charge in [-0.1, -0.05) is 18.2 Å². The fourth-order valence-corrected chi connectivity index (χ4v) is 3.01. The van der Waals surface area contributed by atoms with Crippen LogP contribution in [0.4, 0.5) is 10.5 Å². The molecule has 7 heteroatoms. The number of aromatic nitrogens is 3. The first kappa shape index (κ1) is 16.3. The highest BCUT2D eigenvalue weighted by Crippen LogP contribution is 2.22. The van der Waals surface area contributed by atoms with Gasteiger partial charge in [-0.3, -0.25) is 0 Å². The summed E-state index contributed by atoms with van der Waals surface area (Å²) in [7, 11) is 0. The highest BCUT2D eigenvalue weighted by molar-refractivity contribution is 5.73. The van der Waals surface area contributed by atoms with Gasteiger partial charge >= 0.3 is 6.03 Å². The van der Waals surface area contributed by atoms with Gasteiger partial charge in [0, 0.05) is 31.9 Å². The van der Waals surface area contributed by atoms with E-state index in [9.17, 15) is 4.79 Å². The number of nitrogens with zero attached hydrogens (tertiary/aromatic N) is 4. The quantitative estimate of drug-likeness (QED) is 0.845. The molecule has 0 radical (unpaired) electrons. The number of amides is 2. The zero-order chi connectivity index (χ0) is 16.8. The number of anilines is 1. The van der Waals surface area contributed by atoms with Crippen LogP contribution >= 0.6 is 0 Å². The molecule has 0 aliphatic carbocycles. The Bertz CT molecular complexity index is 656. The van der Waals surface area contributed by atoms with Crippen molar-refractivity contribution < 1.29 is 4.79 Å². The molecule has 0 saturated carbocycles. The van der Waals surface area contributed by atoms with Crippen LogP contribution in [0.2, 0.25) is 0 Å². The van der Waals surface area contributed by atoms with Crippen molar-refractivity contribution in [2.45, 2.75) is 26.4 Å². The molecule has 1 aromatic carbocycles. The second-order valence-corrected chi connectivity index (χ2v) is 6.03. The minimum atomic E-state index is -0.154. The standard InChI is InChI=1S/C17H24N6O/c1-2-22-13-20-21-16(22)11-19-17(24)18-10-14-8-9-23(12-14)15-6-4-3-5-7-15/h3-7,13-14H,2,8-12H2,1H3,(H2,18,19,24)/t14-/m0/s1. The first-order valence-corrected chi connectivity index (χ1v) is 8.44. The summed E-state index contributed by atoms with van der Waals surface area (Å²) in [4.78, 5) is 14.3. The van der Waals surface area contributed by atoms with E-state index < -0.39 is 0 Å². The third kappa shape index (κ3) is 4.04. The predicted molar refractivity (Wildman–Crippen MR) is 92.7 cm³/mol. The number of rotatable bonds is 6. The molecule has 1 fully saturated rings. The number of nitrogens with one attached hydrogen (secondary N) is 2. The van der Waals surface area contributed by atoms with Gasteiger partial charge in [-0.25, -0.2) is 4.79 Å². The van der Waals surface area contributed by atoms with Crippen LogP contribution in [0, 0.1) is 5.92 Å². The zero-order valence-electron chi connectivity index (χ0n) is 14.0. The number of benzene rings is 1. The summed E-state index contributed by atoms with van der Waals surface area (Å²) in [6, 6.07) is 10.3. The minimum Gasteiger partial charge on any atom is -0.371 e. The van der Waals surface area contributed by atoms with E-state index in [-0.39, 0.29) is 6.03 Å². The van der Waals surface area contributed by atoms with E-state index in [0.717, 1.165) is 31.9 Å². The number of aryl methyl sites for hydroxylation is 1. The highest BCUT2D eigenvalue weighted by Gasteiger charge is 2.22. The lowest BCUT2D eigenvalue weighted by Gasteiger charge is -2.18. The number of para-hydroxylation sites is 1. The summed E-state index contributed by atoms with van der Waals surface area (Å²) < 4.78 is 1.91. The molecule has 1 aliphatic heterocycles. The Morgan fingerprint density at radius 2 is 2.12 bits per heavy atom. The lowest BCUT2D eigenvalue weighted by molar-refractivity contribution is 0.238. The fraction of sp³-hybridized carbons (Fsp3) is 0.471. The predicted octanol–water partition coefficient (Wildman–Crippen LogP) is 1.62. The molecule has 0 bridgehead atoms. The SMILES string of the molecule is CCn1cnnc1CNC(=O)NC[C@@H]1CCN(c2ccccc2)C1. The second kappa shape index (κ2) is 7.81. The van der Waals surface area contributed by atoms with Gasteiger partial charge in [0.2, 0.25) is 0 Å². The summed E-state index contributed by atoms with van der Waals surface area (Å²) in [6.07, 6.45) is 2.77. The molecule has 128 valence electrons. The molecule has 2 N–H and O–H groups in total. The van der Waals surface area contributed by atoms with Crippen molar-refractivity contribution in [2.24, 2.45) is 5.92 Å². The van der Waals surface area contributed by atoms with Crippen LogP contribution in [-0.4, -0.2) is 40.4 Å². The van der Waals surface area contributed by atoms with Crippen molar-refractivity contribution >= 4 is 11.7 Å². The van der Waals surface area contributed by atoms with Crippen LogP contribution in [0.15, 0.2) is 36.7 Å². The molecule has 1 aliphatic rings. The average molecular weight is 328 g/mol. The van der Waals surface area contributed by atoms with E-state index in [4.69, 9.17) is 0 Å². The molecule has 2 aromatic rings. The molecule has 7 nitrogen and oxygen atoms in total. The highest BCUT2D eigenvalue weighted by atomic mass is 16.2. The van der Waals surface area contributed by atoms with E-state index in [1.807, 2.05) is 17.6 Å². The lowest BCUT2D eigenvalue weighted by Crippen LogP contribution is -2.38. The van der Waals surface area contributed by atoms with Gasteiger partial charge in [0.25, 0.3) is 0 Å². The molecule has 0 unspecified atom stereocenters. The second-order valence-electron chi connectivity index (χ2n) is 6.03. The molecule has 1 saturated heterocycles. The maximum atomic E-state index is 12.0. The Hall–Kier alpha value is -2.57. The fourth-order valence-electron chi connectivity index (χ4n) is 3.01. The maximum absolute atomic E-state index is 12.0. The monoisotopic (exact) mass is 328 g/mol. The van der Waals surface area contributed by atoms with Gasteiger partial charge in [0.15, 0.2) is 5.82 Å². The van der Waals surface area contributed by atoms with Gasteiger partial charge in [0.1, 0.15) is 6.33 Å². The van der Waals surface area contributed by atoms with Crippen molar-refractivity contribution in [2.75, 3.05) is 24.5 Å². The number of hydrogen-bond donors (Lipinski definition) is 2. The first-order valence-electron chi connectivity index (χ1n) is 8.44. The Kier molecular flexibility index (Phi) is 5.30. The van der Waals surface area contributed by atoms with Crippen molar-refractivity contribution in [3.63, 3.8) is 0 Å². The van der Waals surface area contributed by atoms with E-state index >= 15 is 0 Å². The van der Waals surface area contributed by atoms with Crippen LogP contribution in [0.1, 0.15) is 19.2 Å². The number of carbonyl (C=O) groups is 1. The maximum Gasteiger partial charge on any atom is 0.315 e. The summed E-state index contributed by atoms with van der Waals surface area (Å²) in [5.74, 6) is 1.25. The van der Waals surface area contributed by atoms with Gasteiger partial charge in [-0.05, 0) is 31.4 Å². The van der Waals surface area contributed by atoms with Gasteiger partial charge in [0.05, 0.1) is 6.54 Å². The lowest BCUT2D eigenvalue weighted by atomic mass is 10.1. The Labute approximate surface area is 142 Å². The molecule has 2 amide bonds. The van der Waals surface area contributed by atoms with Crippen LogP contribution in [0.3, 0.4) is 0 Å². The summed E-state index contributed by atoms with van der Waals surface area (Å²) in [5, 5.41) is 13.7. The van der Waals surface area contributed by atoms with Gasteiger partial charge < -0.3 is 20.1 Å². The van der Waals surface area contributed by atoms with Crippen molar-refractivity contribution in [3.8, 4) is 0 Å². The molecule has 24 heavy (non-hydrogen) atoms. The molecule has 0 spiro atoms.